The number of fused-ring (bicyclic) bond motifs is 2. The van der Waals surface area contributed by atoms with Crippen molar-refractivity contribution < 1.29 is 38.2 Å². The standard InChI is InChI=1S/C52H62N2O8/c1-3-5-7-9-11-13-15-17-19-33-61-43(55)29-31-53-49(57)39-25-21-35-37-23-27-41-48-42(28-24-38(46(37)48)36-22-26-40(50(53)58)47(39)45(35)36)52(60)54(51(41)59)32-30-44(56)62-34-20-18-16-14-12-10-8-6-4-2/h21-28H,3-20,29-34H2,1-2H3. The van der Waals surface area contributed by atoms with E-state index in [1.807, 2.05) is 24.3 Å². The molecule has 10 nitrogen and oxygen atoms in total. The zero-order valence-corrected chi connectivity index (χ0v) is 36.7. The first-order valence-electron chi connectivity index (χ1n) is 23.5. The minimum atomic E-state index is -0.461. The third kappa shape index (κ3) is 9.49. The smallest absolute Gasteiger partial charge is 0.307 e. The van der Waals surface area contributed by atoms with Crippen LogP contribution >= 0.6 is 0 Å². The van der Waals surface area contributed by atoms with Gasteiger partial charge in [0.25, 0.3) is 23.6 Å². The number of imide groups is 2. The quantitative estimate of drug-likeness (QED) is 0.0177. The van der Waals surface area contributed by atoms with E-state index in [9.17, 15) is 28.8 Å². The molecule has 2 heterocycles. The highest BCUT2D eigenvalue weighted by Crippen LogP contribution is 2.46. The molecule has 7 rings (SSSR count). The normalized spacial score (nSPS) is 13.8. The lowest BCUT2D eigenvalue weighted by Crippen LogP contribution is -2.41. The van der Waals surface area contributed by atoms with Gasteiger partial charge in [-0.25, -0.2) is 0 Å². The van der Waals surface area contributed by atoms with Crippen LogP contribution in [0.5, 0.6) is 0 Å². The second kappa shape index (κ2) is 21.1. The van der Waals surface area contributed by atoms with Crippen molar-refractivity contribution in [3.05, 3.63) is 70.8 Å². The second-order valence-electron chi connectivity index (χ2n) is 17.3. The monoisotopic (exact) mass is 842 g/mol. The summed E-state index contributed by atoms with van der Waals surface area (Å²) < 4.78 is 10.9. The van der Waals surface area contributed by atoms with Gasteiger partial charge < -0.3 is 9.47 Å². The topological polar surface area (TPSA) is 127 Å². The van der Waals surface area contributed by atoms with Crippen molar-refractivity contribution in [2.45, 2.75) is 142 Å². The van der Waals surface area contributed by atoms with Crippen LogP contribution in [0, 0.1) is 0 Å². The number of ether oxygens (including phenoxy) is 2. The van der Waals surface area contributed by atoms with Crippen LogP contribution in [0.25, 0.3) is 43.1 Å². The van der Waals surface area contributed by atoms with Crippen molar-refractivity contribution >= 4 is 78.7 Å². The lowest BCUT2D eigenvalue weighted by Gasteiger charge is -2.30. The van der Waals surface area contributed by atoms with Crippen molar-refractivity contribution in [3.63, 3.8) is 0 Å². The van der Waals surface area contributed by atoms with Crippen LogP contribution in [0.1, 0.15) is 184 Å². The Balaban J connectivity index is 0.998. The molecule has 62 heavy (non-hydrogen) atoms. The number of rotatable bonds is 26. The number of amides is 4. The Morgan fingerprint density at radius 3 is 0.952 bits per heavy atom. The number of unbranched alkanes of at least 4 members (excludes halogenated alkanes) is 16. The zero-order chi connectivity index (χ0) is 43.6. The van der Waals surface area contributed by atoms with Crippen LogP contribution in [0.4, 0.5) is 0 Å². The van der Waals surface area contributed by atoms with Crippen molar-refractivity contribution in [2.24, 2.45) is 0 Å². The summed E-state index contributed by atoms with van der Waals surface area (Å²) in [6.45, 7) is 4.94. The molecule has 2 aliphatic heterocycles. The molecule has 0 N–H and O–H groups in total. The maximum absolute atomic E-state index is 13.9. The lowest BCUT2D eigenvalue weighted by molar-refractivity contribution is -0.144. The fourth-order valence-corrected chi connectivity index (χ4v) is 9.52. The first kappa shape index (κ1) is 44.7. The predicted molar refractivity (Wildman–Crippen MR) is 244 cm³/mol. The van der Waals surface area contributed by atoms with E-state index in [4.69, 9.17) is 9.47 Å². The molecule has 5 aromatic rings. The van der Waals surface area contributed by atoms with E-state index in [0.29, 0.717) is 46.2 Å². The highest BCUT2D eigenvalue weighted by molar-refractivity contribution is 6.41. The first-order valence-corrected chi connectivity index (χ1v) is 23.5. The number of hydrogen-bond donors (Lipinski definition) is 0. The molecule has 10 heteroatoms. The maximum Gasteiger partial charge on any atom is 0.307 e. The molecule has 4 amide bonds. The fourth-order valence-electron chi connectivity index (χ4n) is 9.52. The molecule has 0 bridgehead atoms. The van der Waals surface area contributed by atoms with Gasteiger partial charge in [0.2, 0.25) is 0 Å². The molecule has 0 aliphatic carbocycles. The molecular weight excluding hydrogens is 781 g/mol. The Kier molecular flexibility index (Phi) is 15.2. The third-order valence-corrected chi connectivity index (χ3v) is 12.9. The Bertz CT molecular complexity index is 2160. The summed E-state index contributed by atoms with van der Waals surface area (Å²) in [6.07, 6.45) is 20.8. The number of esters is 2. The number of hydrogen-bond acceptors (Lipinski definition) is 8. The van der Waals surface area contributed by atoms with Crippen LogP contribution in [-0.4, -0.2) is 71.7 Å². The van der Waals surface area contributed by atoms with E-state index in [2.05, 4.69) is 13.8 Å². The molecule has 0 saturated heterocycles. The van der Waals surface area contributed by atoms with Gasteiger partial charge in [-0.1, -0.05) is 141 Å². The predicted octanol–water partition coefficient (Wildman–Crippen LogP) is 11.9. The largest absolute Gasteiger partial charge is 0.466 e. The van der Waals surface area contributed by atoms with E-state index in [1.165, 1.54) is 77.0 Å². The van der Waals surface area contributed by atoms with Gasteiger partial charge in [0.05, 0.1) is 26.1 Å². The Labute approximate surface area is 365 Å². The first-order chi connectivity index (χ1) is 30.3. The van der Waals surface area contributed by atoms with Gasteiger partial charge in [-0.2, -0.15) is 0 Å². The zero-order valence-electron chi connectivity index (χ0n) is 36.7. The Hall–Kier alpha value is -5.38. The number of carbonyl (C=O) groups is 6. The Morgan fingerprint density at radius 2 is 0.661 bits per heavy atom. The molecule has 0 aromatic heterocycles. The summed E-state index contributed by atoms with van der Waals surface area (Å²) in [5.74, 6) is -2.70. The van der Waals surface area contributed by atoms with Crippen molar-refractivity contribution in [1.29, 1.82) is 0 Å². The van der Waals surface area contributed by atoms with E-state index in [1.54, 1.807) is 24.3 Å². The number of carbonyl (C=O) groups excluding carboxylic acids is 6. The van der Waals surface area contributed by atoms with Gasteiger partial charge in [-0.05, 0) is 69.4 Å². The highest BCUT2D eigenvalue weighted by Gasteiger charge is 2.37. The molecule has 0 radical (unpaired) electrons. The molecule has 2 aliphatic rings. The van der Waals surface area contributed by atoms with Gasteiger partial charge in [0.15, 0.2) is 0 Å². The minimum Gasteiger partial charge on any atom is -0.466 e. The van der Waals surface area contributed by atoms with E-state index in [0.717, 1.165) is 80.6 Å². The molecule has 5 aromatic carbocycles. The molecule has 0 fully saturated rings. The molecular formula is C52H62N2O8. The van der Waals surface area contributed by atoms with Crippen molar-refractivity contribution in [3.8, 4) is 0 Å². The van der Waals surface area contributed by atoms with Crippen molar-refractivity contribution in [2.75, 3.05) is 26.3 Å². The Morgan fingerprint density at radius 1 is 0.387 bits per heavy atom. The molecule has 0 spiro atoms. The summed E-state index contributed by atoms with van der Waals surface area (Å²) in [7, 11) is 0. The van der Waals surface area contributed by atoms with Crippen molar-refractivity contribution in [1.82, 2.24) is 9.80 Å². The van der Waals surface area contributed by atoms with Crippen LogP contribution in [0.2, 0.25) is 0 Å². The maximum atomic E-state index is 13.9. The van der Waals surface area contributed by atoms with Crippen LogP contribution in [0.15, 0.2) is 48.5 Å². The highest BCUT2D eigenvalue weighted by atomic mass is 16.5. The summed E-state index contributed by atoms with van der Waals surface area (Å²) >= 11 is 0. The average molecular weight is 843 g/mol. The van der Waals surface area contributed by atoms with Gasteiger partial charge in [-0.3, -0.25) is 38.6 Å². The average Bonchev–Trinajstić information content (AvgIpc) is 3.28. The van der Waals surface area contributed by atoms with E-state index >= 15 is 0 Å². The summed E-state index contributed by atoms with van der Waals surface area (Å²) in [6, 6.07) is 14.4. The molecule has 0 unspecified atom stereocenters. The molecule has 328 valence electrons. The summed E-state index contributed by atoms with van der Waals surface area (Å²) in [5, 5.41) is 5.81. The lowest BCUT2D eigenvalue weighted by atomic mass is 9.82. The molecule has 0 saturated carbocycles. The number of nitrogens with zero attached hydrogens (tertiary/aromatic N) is 2. The van der Waals surface area contributed by atoms with E-state index < -0.39 is 35.6 Å². The SMILES string of the molecule is CCCCCCCCCCCOC(=O)CCN1C(=O)c2ccc3c4ccc5c6c(ccc(c7ccc(c2c37)C1=O)c64)C(=O)N(CCC(=O)OCCCCCCCCCCC)C5=O. The second-order valence-corrected chi connectivity index (χ2v) is 17.3. The van der Waals surface area contributed by atoms with Gasteiger partial charge in [0.1, 0.15) is 0 Å². The van der Waals surface area contributed by atoms with Gasteiger partial charge in [-0.15, -0.1) is 0 Å². The molecule has 0 atom stereocenters. The van der Waals surface area contributed by atoms with Crippen LogP contribution < -0.4 is 0 Å². The third-order valence-electron chi connectivity index (χ3n) is 12.9. The van der Waals surface area contributed by atoms with Gasteiger partial charge in [0, 0.05) is 46.1 Å². The number of benzene rings is 5. The summed E-state index contributed by atoms with van der Waals surface area (Å²) in [4.78, 5) is 83.4. The minimum absolute atomic E-state index is 0.0774. The van der Waals surface area contributed by atoms with Crippen LogP contribution in [-0.2, 0) is 19.1 Å². The fraction of sp³-hybridized carbons (Fsp3) is 0.500. The van der Waals surface area contributed by atoms with Crippen LogP contribution in [0.3, 0.4) is 0 Å². The summed E-state index contributed by atoms with van der Waals surface area (Å²) in [5.41, 5.74) is 1.52. The van der Waals surface area contributed by atoms with E-state index in [-0.39, 0.29) is 25.9 Å². The van der Waals surface area contributed by atoms with Gasteiger partial charge >= 0.3 is 11.9 Å².